The summed E-state index contributed by atoms with van der Waals surface area (Å²) >= 11 is 0. The molecule has 0 bridgehead atoms. The van der Waals surface area contributed by atoms with Gasteiger partial charge in [-0.15, -0.1) is 0 Å². The smallest absolute Gasteiger partial charge is 0.234 e. The van der Waals surface area contributed by atoms with Gasteiger partial charge in [-0.1, -0.05) is 0 Å². The summed E-state index contributed by atoms with van der Waals surface area (Å²) < 4.78 is 0. The van der Waals surface area contributed by atoms with E-state index in [1.54, 1.807) is 0 Å². The number of nitrogens with one attached hydrogen (secondary N) is 2. The molecule has 1 heterocycles. The van der Waals surface area contributed by atoms with Gasteiger partial charge in [0.05, 0.1) is 12.6 Å². The molecule has 2 N–H and O–H groups in total. The second-order valence-corrected chi connectivity index (χ2v) is 4.34. The van der Waals surface area contributed by atoms with E-state index < -0.39 is 0 Å². The van der Waals surface area contributed by atoms with Crippen molar-refractivity contribution in [3.63, 3.8) is 0 Å². The highest BCUT2D eigenvalue weighted by molar-refractivity contribution is 5.77. The van der Waals surface area contributed by atoms with Crippen LogP contribution in [-0.2, 0) is 4.79 Å². The van der Waals surface area contributed by atoms with Gasteiger partial charge in [0.15, 0.2) is 0 Å². The standard InChI is InChI=1S/C12H22N4O/c13-5-2-1-3-7-15-12(17)11-16-9-4-6-14-8-10-16/h14H,1-4,6-11H2,(H,15,17). The van der Waals surface area contributed by atoms with E-state index in [4.69, 9.17) is 5.26 Å². The fraction of sp³-hybridized carbons (Fsp3) is 0.833. The number of amides is 1. The Morgan fingerprint density at radius 3 is 3.06 bits per heavy atom. The number of unbranched alkanes of at least 4 members (excludes halogenated alkanes) is 2. The Balaban J connectivity index is 2.05. The van der Waals surface area contributed by atoms with Crippen LogP contribution in [0.1, 0.15) is 25.7 Å². The first-order chi connectivity index (χ1) is 8.33. The van der Waals surface area contributed by atoms with Crippen LogP contribution in [0.3, 0.4) is 0 Å². The number of hydrogen-bond acceptors (Lipinski definition) is 4. The molecule has 17 heavy (non-hydrogen) atoms. The van der Waals surface area contributed by atoms with Gasteiger partial charge < -0.3 is 10.6 Å². The third-order valence-electron chi connectivity index (χ3n) is 2.84. The van der Waals surface area contributed by atoms with E-state index in [9.17, 15) is 4.79 Å². The summed E-state index contributed by atoms with van der Waals surface area (Å²) in [5.41, 5.74) is 0. The summed E-state index contributed by atoms with van der Waals surface area (Å²) in [6.45, 7) is 5.14. The molecule has 0 unspecified atom stereocenters. The van der Waals surface area contributed by atoms with Crippen molar-refractivity contribution >= 4 is 5.91 Å². The fourth-order valence-corrected chi connectivity index (χ4v) is 1.88. The van der Waals surface area contributed by atoms with Crippen molar-refractivity contribution in [3.8, 4) is 6.07 Å². The van der Waals surface area contributed by atoms with Gasteiger partial charge >= 0.3 is 0 Å². The van der Waals surface area contributed by atoms with E-state index in [0.717, 1.165) is 45.4 Å². The Kier molecular flexibility index (Phi) is 7.35. The van der Waals surface area contributed by atoms with Crippen molar-refractivity contribution in [1.82, 2.24) is 15.5 Å². The van der Waals surface area contributed by atoms with Crippen LogP contribution in [0, 0.1) is 11.3 Å². The molecule has 0 aromatic heterocycles. The van der Waals surface area contributed by atoms with Crippen molar-refractivity contribution in [2.75, 3.05) is 39.3 Å². The number of carbonyl (C=O) groups excluding carboxylic acids is 1. The van der Waals surface area contributed by atoms with Crippen LogP contribution in [0.5, 0.6) is 0 Å². The van der Waals surface area contributed by atoms with Gasteiger partial charge in [0.2, 0.25) is 5.91 Å². The highest BCUT2D eigenvalue weighted by atomic mass is 16.2. The van der Waals surface area contributed by atoms with Crippen LogP contribution in [-0.4, -0.2) is 50.1 Å². The minimum Gasteiger partial charge on any atom is -0.355 e. The Morgan fingerprint density at radius 2 is 2.24 bits per heavy atom. The summed E-state index contributed by atoms with van der Waals surface area (Å²) in [6, 6.07) is 2.10. The van der Waals surface area contributed by atoms with Crippen LogP contribution < -0.4 is 10.6 Å². The third-order valence-corrected chi connectivity index (χ3v) is 2.84. The maximum atomic E-state index is 11.6. The maximum absolute atomic E-state index is 11.6. The summed E-state index contributed by atoms with van der Waals surface area (Å²) in [5, 5.41) is 14.6. The Morgan fingerprint density at radius 1 is 1.35 bits per heavy atom. The molecule has 0 aliphatic carbocycles. The largest absolute Gasteiger partial charge is 0.355 e. The van der Waals surface area contributed by atoms with Gasteiger partial charge in [0.25, 0.3) is 0 Å². The minimum atomic E-state index is 0.101. The highest BCUT2D eigenvalue weighted by Crippen LogP contribution is 1.95. The second-order valence-electron chi connectivity index (χ2n) is 4.34. The maximum Gasteiger partial charge on any atom is 0.234 e. The van der Waals surface area contributed by atoms with Crippen molar-refractivity contribution in [2.24, 2.45) is 0 Å². The first-order valence-electron chi connectivity index (χ1n) is 6.39. The molecule has 1 fully saturated rings. The van der Waals surface area contributed by atoms with Crippen LogP contribution in [0.15, 0.2) is 0 Å². The first kappa shape index (κ1) is 13.9. The number of nitrogens with zero attached hydrogens (tertiary/aromatic N) is 2. The lowest BCUT2D eigenvalue weighted by molar-refractivity contribution is -0.122. The fourth-order valence-electron chi connectivity index (χ4n) is 1.88. The van der Waals surface area contributed by atoms with E-state index >= 15 is 0 Å². The first-order valence-corrected chi connectivity index (χ1v) is 6.39. The topological polar surface area (TPSA) is 68.2 Å². The average Bonchev–Trinajstić information content (AvgIpc) is 2.57. The zero-order valence-corrected chi connectivity index (χ0v) is 10.4. The quantitative estimate of drug-likeness (QED) is 0.644. The normalized spacial score (nSPS) is 17.1. The molecule has 1 aliphatic heterocycles. The molecular formula is C12H22N4O. The van der Waals surface area contributed by atoms with Gasteiger partial charge in [-0.25, -0.2) is 0 Å². The van der Waals surface area contributed by atoms with Gasteiger partial charge in [0.1, 0.15) is 0 Å². The molecule has 1 aliphatic rings. The summed E-state index contributed by atoms with van der Waals surface area (Å²) in [6.07, 6.45) is 3.44. The molecule has 0 spiro atoms. The summed E-state index contributed by atoms with van der Waals surface area (Å²) in [4.78, 5) is 13.8. The Hall–Kier alpha value is -1.12. The molecule has 0 atom stereocenters. The molecule has 5 heteroatoms. The van der Waals surface area contributed by atoms with E-state index in [-0.39, 0.29) is 5.91 Å². The number of hydrogen-bond donors (Lipinski definition) is 2. The monoisotopic (exact) mass is 238 g/mol. The molecule has 0 aromatic rings. The van der Waals surface area contributed by atoms with Crippen LogP contribution in [0.4, 0.5) is 0 Å². The third kappa shape index (κ3) is 6.93. The zero-order valence-electron chi connectivity index (χ0n) is 10.4. The van der Waals surface area contributed by atoms with Gasteiger partial charge in [-0.2, -0.15) is 5.26 Å². The lowest BCUT2D eigenvalue weighted by atomic mass is 10.2. The lowest BCUT2D eigenvalue weighted by Crippen LogP contribution is -2.39. The van der Waals surface area contributed by atoms with Crippen molar-refractivity contribution < 1.29 is 4.79 Å². The van der Waals surface area contributed by atoms with Crippen LogP contribution >= 0.6 is 0 Å². The predicted octanol–water partition coefficient (Wildman–Crippen LogP) is 0.0918. The SMILES string of the molecule is N#CCCCCNC(=O)CN1CCCNCC1. The second kappa shape index (κ2) is 8.97. The van der Waals surface area contributed by atoms with Crippen LogP contribution in [0.25, 0.3) is 0 Å². The molecule has 5 nitrogen and oxygen atoms in total. The molecule has 1 saturated heterocycles. The Labute approximate surface area is 103 Å². The molecule has 0 aromatic carbocycles. The molecule has 96 valence electrons. The molecular weight excluding hydrogens is 216 g/mol. The number of carbonyl (C=O) groups is 1. The number of rotatable bonds is 6. The van der Waals surface area contributed by atoms with E-state index in [2.05, 4.69) is 21.6 Å². The van der Waals surface area contributed by atoms with Crippen molar-refractivity contribution in [2.45, 2.75) is 25.7 Å². The summed E-state index contributed by atoms with van der Waals surface area (Å²) in [5.74, 6) is 0.101. The van der Waals surface area contributed by atoms with Crippen LogP contribution in [0.2, 0.25) is 0 Å². The predicted molar refractivity (Wildman–Crippen MR) is 66.4 cm³/mol. The lowest BCUT2D eigenvalue weighted by Gasteiger charge is -2.18. The van der Waals surface area contributed by atoms with Crippen molar-refractivity contribution in [1.29, 1.82) is 5.26 Å². The molecule has 0 saturated carbocycles. The van der Waals surface area contributed by atoms with E-state index in [1.807, 2.05) is 0 Å². The Bertz CT molecular complexity index is 254. The van der Waals surface area contributed by atoms with Gasteiger partial charge in [-0.05, 0) is 32.4 Å². The minimum absolute atomic E-state index is 0.101. The van der Waals surface area contributed by atoms with Gasteiger partial charge in [0, 0.05) is 26.1 Å². The summed E-state index contributed by atoms with van der Waals surface area (Å²) in [7, 11) is 0. The highest BCUT2D eigenvalue weighted by Gasteiger charge is 2.11. The number of nitriles is 1. The molecule has 1 rings (SSSR count). The molecule has 1 amide bonds. The van der Waals surface area contributed by atoms with Crippen molar-refractivity contribution in [3.05, 3.63) is 0 Å². The van der Waals surface area contributed by atoms with Gasteiger partial charge in [-0.3, -0.25) is 9.69 Å². The molecule has 0 radical (unpaired) electrons. The van der Waals surface area contributed by atoms with E-state index in [0.29, 0.717) is 19.5 Å². The average molecular weight is 238 g/mol. The van der Waals surface area contributed by atoms with E-state index in [1.165, 1.54) is 0 Å². The zero-order chi connectivity index (χ0) is 12.3.